The highest BCUT2D eigenvalue weighted by Crippen LogP contribution is 2.32. The standard InChI is InChI=1S/C23H27N3O3/c1-14(2)23(4,13-24)26-20(27)12-29-22(28)21-16-7-5-6-8-18(16)25-19-10-9-15(3)11-17(19)21/h5-8,14-15H,9-12H2,1-4H3,(H,26,27)/t15-,23-/m1/s1. The molecule has 0 unspecified atom stereocenters. The summed E-state index contributed by atoms with van der Waals surface area (Å²) >= 11 is 0. The number of fused-ring (bicyclic) bond motifs is 2. The summed E-state index contributed by atoms with van der Waals surface area (Å²) < 4.78 is 5.38. The first-order valence-corrected chi connectivity index (χ1v) is 10.0. The zero-order valence-electron chi connectivity index (χ0n) is 17.4. The van der Waals surface area contributed by atoms with Crippen molar-refractivity contribution in [3.8, 4) is 6.07 Å². The summed E-state index contributed by atoms with van der Waals surface area (Å²) in [4.78, 5) is 30.1. The Bertz CT molecular complexity index is 993. The van der Waals surface area contributed by atoms with Crippen molar-refractivity contribution in [1.82, 2.24) is 10.3 Å². The van der Waals surface area contributed by atoms with E-state index in [-0.39, 0.29) is 5.92 Å². The van der Waals surface area contributed by atoms with Crippen molar-refractivity contribution in [2.75, 3.05) is 6.61 Å². The monoisotopic (exact) mass is 393 g/mol. The molecular weight excluding hydrogens is 366 g/mol. The van der Waals surface area contributed by atoms with Gasteiger partial charge in [0, 0.05) is 11.1 Å². The molecule has 1 aromatic carbocycles. The first-order chi connectivity index (χ1) is 13.7. The first kappa shape index (κ1) is 20.8. The summed E-state index contributed by atoms with van der Waals surface area (Å²) in [6, 6.07) is 9.63. The molecule has 0 spiro atoms. The highest BCUT2D eigenvalue weighted by molar-refractivity contribution is 6.05. The van der Waals surface area contributed by atoms with Crippen molar-refractivity contribution < 1.29 is 14.3 Å². The molecule has 1 amide bonds. The normalized spacial score (nSPS) is 17.9. The Labute approximate surface area is 171 Å². The molecule has 0 fully saturated rings. The maximum Gasteiger partial charge on any atom is 0.339 e. The number of pyridine rings is 1. The van der Waals surface area contributed by atoms with Gasteiger partial charge in [0.25, 0.3) is 5.91 Å². The number of nitrogens with one attached hydrogen (secondary N) is 1. The summed E-state index contributed by atoms with van der Waals surface area (Å²) in [5.74, 6) is -0.628. The van der Waals surface area contributed by atoms with Crippen LogP contribution in [0.3, 0.4) is 0 Å². The molecular formula is C23H27N3O3. The molecule has 2 atom stereocenters. The number of aromatic nitrogens is 1. The lowest BCUT2D eigenvalue weighted by Gasteiger charge is -2.27. The van der Waals surface area contributed by atoms with Crippen LogP contribution < -0.4 is 5.32 Å². The number of ether oxygens (including phenoxy) is 1. The van der Waals surface area contributed by atoms with E-state index in [4.69, 9.17) is 9.72 Å². The van der Waals surface area contributed by atoms with Crippen LogP contribution in [0.1, 0.15) is 55.7 Å². The number of para-hydroxylation sites is 1. The summed E-state index contributed by atoms with van der Waals surface area (Å²) in [5, 5.41) is 12.8. The van der Waals surface area contributed by atoms with E-state index in [2.05, 4.69) is 18.3 Å². The number of carbonyl (C=O) groups is 2. The first-order valence-electron chi connectivity index (χ1n) is 10.0. The topological polar surface area (TPSA) is 92.1 Å². The van der Waals surface area contributed by atoms with E-state index < -0.39 is 24.0 Å². The Balaban J connectivity index is 1.85. The van der Waals surface area contributed by atoms with Crippen LogP contribution in [0, 0.1) is 23.2 Å². The Morgan fingerprint density at radius 3 is 2.79 bits per heavy atom. The second-order valence-electron chi connectivity index (χ2n) is 8.37. The third-order valence-electron chi connectivity index (χ3n) is 5.83. The van der Waals surface area contributed by atoms with Crippen molar-refractivity contribution >= 4 is 22.8 Å². The lowest BCUT2D eigenvalue weighted by molar-refractivity contribution is -0.125. The number of amides is 1. The van der Waals surface area contributed by atoms with Crippen LogP contribution in [-0.2, 0) is 22.4 Å². The number of carbonyl (C=O) groups excluding carboxylic acids is 2. The van der Waals surface area contributed by atoms with Crippen LogP contribution in [0.15, 0.2) is 24.3 Å². The molecule has 0 aliphatic heterocycles. The molecule has 0 radical (unpaired) electrons. The van der Waals surface area contributed by atoms with E-state index in [1.165, 1.54) is 0 Å². The lowest BCUT2D eigenvalue weighted by atomic mass is 9.84. The van der Waals surface area contributed by atoms with Crippen LogP contribution in [-0.4, -0.2) is 29.0 Å². The number of rotatable bonds is 5. The molecule has 0 saturated heterocycles. The largest absolute Gasteiger partial charge is 0.452 e. The minimum atomic E-state index is -1.01. The van der Waals surface area contributed by atoms with Crippen LogP contribution in [0.5, 0.6) is 0 Å². The van der Waals surface area contributed by atoms with Crippen molar-refractivity contribution in [2.45, 2.75) is 52.5 Å². The summed E-state index contributed by atoms with van der Waals surface area (Å²) in [6.45, 7) is 7.10. The van der Waals surface area contributed by atoms with Crippen LogP contribution in [0.2, 0.25) is 0 Å². The zero-order valence-corrected chi connectivity index (χ0v) is 17.4. The number of benzene rings is 1. The van der Waals surface area contributed by atoms with Gasteiger partial charge in [-0.2, -0.15) is 5.26 Å². The predicted octanol–water partition coefficient (Wildman–Crippen LogP) is 3.57. The van der Waals surface area contributed by atoms with E-state index in [9.17, 15) is 14.9 Å². The molecule has 29 heavy (non-hydrogen) atoms. The van der Waals surface area contributed by atoms with Gasteiger partial charge in [-0.3, -0.25) is 9.78 Å². The van der Waals surface area contributed by atoms with Gasteiger partial charge in [-0.05, 0) is 49.7 Å². The van der Waals surface area contributed by atoms with Crippen LogP contribution in [0.4, 0.5) is 0 Å². The number of hydrogen-bond donors (Lipinski definition) is 1. The van der Waals surface area contributed by atoms with Crippen LogP contribution >= 0.6 is 0 Å². The van der Waals surface area contributed by atoms with Gasteiger partial charge in [0.2, 0.25) is 0 Å². The maximum atomic E-state index is 13.0. The minimum Gasteiger partial charge on any atom is -0.452 e. The van der Waals surface area contributed by atoms with Crippen molar-refractivity contribution in [3.05, 3.63) is 41.1 Å². The second kappa shape index (κ2) is 8.20. The fourth-order valence-corrected chi connectivity index (χ4v) is 3.63. The van der Waals surface area contributed by atoms with E-state index in [0.717, 1.165) is 41.4 Å². The zero-order chi connectivity index (χ0) is 21.2. The quantitative estimate of drug-likeness (QED) is 0.784. The number of aryl methyl sites for hydroxylation is 1. The smallest absolute Gasteiger partial charge is 0.339 e. The molecule has 2 aromatic rings. The lowest BCUT2D eigenvalue weighted by Crippen LogP contribution is -2.50. The minimum absolute atomic E-state index is 0.0789. The predicted molar refractivity (Wildman–Crippen MR) is 110 cm³/mol. The molecule has 3 rings (SSSR count). The SMILES string of the molecule is CC(C)[C@@](C)(C#N)NC(=O)COC(=O)c1c2c(nc3ccccc13)CC[C@@H](C)C2. The average Bonchev–Trinajstić information content (AvgIpc) is 2.70. The summed E-state index contributed by atoms with van der Waals surface area (Å²) in [5.41, 5.74) is 2.12. The molecule has 6 nitrogen and oxygen atoms in total. The van der Waals surface area contributed by atoms with Gasteiger partial charge in [-0.25, -0.2) is 4.79 Å². The van der Waals surface area contributed by atoms with Crippen molar-refractivity contribution in [1.29, 1.82) is 5.26 Å². The molecule has 1 aliphatic rings. The summed E-state index contributed by atoms with van der Waals surface area (Å²) in [6.07, 6.45) is 2.64. The average molecular weight is 393 g/mol. The van der Waals surface area contributed by atoms with Crippen LogP contribution in [0.25, 0.3) is 10.9 Å². The summed E-state index contributed by atoms with van der Waals surface area (Å²) in [7, 11) is 0. The number of nitriles is 1. The molecule has 6 heteroatoms. The second-order valence-corrected chi connectivity index (χ2v) is 8.37. The molecule has 0 saturated carbocycles. The molecule has 1 N–H and O–H groups in total. The number of hydrogen-bond acceptors (Lipinski definition) is 5. The third kappa shape index (κ3) is 4.24. The van der Waals surface area contributed by atoms with Gasteiger partial charge in [-0.15, -0.1) is 0 Å². The van der Waals surface area contributed by atoms with E-state index in [1.807, 2.05) is 38.1 Å². The van der Waals surface area contributed by atoms with Gasteiger partial charge in [0.05, 0.1) is 17.1 Å². The van der Waals surface area contributed by atoms with Gasteiger partial charge in [0.1, 0.15) is 5.54 Å². The maximum absolute atomic E-state index is 13.0. The highest BCUT2D eigenvalue weighted by Gasteiger charge is 2.31. The fourth-order valence-electron chi connectivity index (χ4n) is 3.63. The Hall–Kier alpha value is -2.94. The molecule has 1 aliphatic carbocycles. The highest BCUT2D eigenvalue weighted by atomic mass is 16.5. The Kier molecular flexibility index (Phi) is 5.88. The molecule has 152 valence electrons. The van der Waals surface area contributed by atoms with Gasteiger partial charge >= 0.3 is 5.97 Å². The van der Waals surface area contributed by atoms with E-state index in [1.54, 1.807) is 6.92 Å². The fraction of sp³-hybridized carbons (Fsp3) is 0.478. The van der Waals surface area contributed by atoms with Crippen molar-refractivity contribution in [3.63, 3.8) is 0 Å². The molecule has 1 aromatic heterocycles. The van der Waals surface area contributed by atoms with Gasteiger partial charge < -0.3 is 10.1 Å². The van der Waals surface area contributed by atoms with Gasteiger partial charge in [0.15, 0.2) is 6.61 Å². The number of nitrogens with zero attached hydrogens (tertiary/aromatic N) is 2. The number of esters is 1. The Morgan fingerprint density at radius 2 is 2.10 bits per heavy atom. The molecule has 0 bridgehead atoms. The molecule has 1 heterocycles. The van der Waals surface area contributed by atoms with Crippen molar-refractivity contribution in [2.24, 2.45) is 11.8 Å². The Morgan fingerprint density at radius 1 is 1.38 bits per heavy atom. The van der Waals surface area contributed by atoms with E-state index in [0.29, 0.717) is 11.5 Å². The van der Waals surface area contributed by atoms with Gasteiger partial charge in [-0.1, -0.05) is 39.0 Å². The third-order valence-corrected chi connectivity index (χ3v) is 5.83. The van der Waals surface area contributed by atoms with E-state index >= 15 is 0 Å².